The minimum absolute atomic E-state index is 0.166. The molecule has 6 nitrogen and oxygen atoms in total. The highest BCUT2D eigenvalue weighted by atomic mass is 35.5. The van der Waals surface area contributed by atoms with Crippen LogP contribution in [-0.4, -0.2) is 30.1 Å². The Kier molecular flexibility index (Phi) is 5.86. The van der Waals surface area contributed by atoms with Crippen molar-refractivity contribution in [2.24, 2.45) is 0 Å². The fraction of sp³-hybridized carbons (Fsp3) is 0.185. The molecule has 2 aliphatic heterocycles. The molecule has 1 atom stereocenters. The highest BCUT2D eigenvalue weighted by Crippen LogP contribution is 2.44. The van der Waals surface area contributed by atoms with Crippen molar-refractivity contribution < 1.29 is 24.2 Å². The van der Waals surface area contributed by atoms with E-state index in [9.17, 15) is 14.7 Å². The van der Waals surface area contributed by atoms with E-state index in [1.807, 2.05) is 30.3 Å². The van der Waals surface area contributed by atoms with Gasteiger partial charge in [0.25, 0.3) is 5.91 Å². The molecule has 1 N–H and O–H groups in total. The van der Waals surface area contributed by atoms with Crippen LogP contribution >= 0.6 is 11.6 Å². The highest BCUT2D eigenvalue weighted by molar-refractivity contribution is 6.31. The van der Waals surface area contributed by atoms with Crippen molar-refractivity contribution in [1.29, 1.82) is 0 Å². The Balaban J connectivity index is 1.36. The molecular formula is C27H22ClNO5. The number of halogens is 1. The van der Waals surface area contributed by atoms with Gasteiger partial charge in [-0.05, 0) is 54.0 Å². The van der Waals surface area contributed by atoms with E-state index in [0.717, 1.165) is 11.1 Å². The standard InChI is InChI=1S/C27H22ClNO5/c28-20-8-10-23-22(15-20)27(32,26(31)29(23)13-12-18-4-2-1-3-5-18)16-21(30)9-6-19-7-11-24-25(14-19)34-17-33-24/h1-11,14-15,32H,12-13,16-17H2. The molecule has 2 aliphatic rings. The molecule has 0 radical (unpaired) electrons. The number of rotatable bonds is 7. The first-order valence-corrected chi connectivity index (χ1v) is 11.3. The molecule has 0 fully saturated rings. The molecule has 0 aliphatic carbocycles. The molecule has 7 heteroatoms. The molecule has 3 aromatic carbocycles. The number of aliphatic hydroxyl groups is 1. The first-order valence-electron chi connectivity index (χ1n) is 10.9. The first-order chi connectivity index (χ1) is 16.4. The predicted octanol–water partition coefficient (Wildman–Crippen LogP) is 4.52. The van der Waals surface area contributed by atoms with E-state index in [1.165, 1.54) is 11.0 Å². The van der Waals surface area contributed by atoms with E-state index in [2.05, 4.69) is 0 Å². The quantitative estimate of drug-likeness (QED) is 0.508. The Bertz CT molecular complexity index is 1290. The number of hydrogen-bond acceptors (Lipinski definition) is 5. The summed E-state index contributed by atoms with van der Waals surface area (Å²) in [4.78, 5) is 27.7. The van der Waals surface area contributed by atoms with Gasteiger partial charge in [-0.15, -0.1) is 0 Å². The Morgan fingerprint density at radius 2 is 1.85 bits per heavy atom. The van der Waals surface area contributed by atoms with Crippen LogP contribution in [0.5, 0.6) is 11.5 Å². The summed E-state index contributed by atoms with van der Waals surface area (Å²) in [5.74, 6) is 0.352. The summed E-state index contributed by atoms with van der Waals surface area (Å²) in [6, 6.07) is 20.1. The average Bonchev–Trinajstić information content (AvgIpc) is 3.38. The molecule has 1 amide bonds. The van der Waals surface area contributed by atoms with Gasteiger partial charge in [-0.25, -0.2) is 0 Å². The molecule has 1 unspecified atom stereocenters. The van der Waals surface area contributed by atoms with E-state index < -0.39 is 11.5 Å². The summed E-state index contributed by atoms with van der Waals surface area (Å²) in [5, 5.41) is 11.8. The van der Waals surface area contributed by atoms with Gasteiger partial charge in [0.1, 0.15) is 0 Å². The molecule has 3 aromatic rings. The number of allylic oxidation sites excluding steroid dienone is 1. The molecule has 0 spiro atoms. The Morgan fingerprint density at radius 1 is 1.06 bits per heavy atom. The van der Waals surface area contributed by atoms with Crippen LogP contribution in [0.1, 0.15) is 23.1 Å². The number of ether oxygens (including phenoxy) is 2. The van der Waals surface area contributed by atoms with Gasteiger partial charge < -0.3 is 19.5 Å². The van der Waals surface area contributed by atoms with Crippen molar-refractivity contribution in [1.82, 2.24) is 0 Å². The van der Waals surface area contributed by atoms with E-state index >= 15 is 0 Å². The van der Waals surface area contributed by atoms with Gasteiger partial charge in [-0.2, -0.15) is 0 Å². The Morgan fingerprint density at radius 3 is 2.68 bits per heavy atom. The second-order valence-corrected chi connectivity index (χ2v) is 8.74. The Labute approximate surface area is 202 Å². The lowest BCUT2D eigenvalue weighted by molar-refractivity contribution is -0.140. The van der Waals surface area contributed by atoms with Gasteiger partial charge in [-0.1, -0.05) is 54.1 Å². The smallest absolute Gasteiger partial charge is 0.264 e. The number of nitrogens with zero attached hydrogens (tertiary/aromatic N) is 1. The van der Waals surface area contributed by atoms with E-state index in [-0.39, 0.29) is 19.0 Å². The Hall–Kier alpha value is -3.61. The predicted molar refractivity (Wildman–Crippen MR) is 129 cm³/mol. The van der Waals surface area contributed by atoms with Crippen molar-refractivity contribution in [2.45, 2.75) is 18.4 Å². The van der Waals surface area contributed by atoms with Crippen molar-refractivity contribution in [2.75, 3.05) is 18.2 Å². The average molecular weight is 476 g/mol. The summed E-state index contributed by atoms with van der Waals surface area (Å²) >= 11 is 6.18. The number of carbonyl (C=O) groups excluding carboxylic acids is 2. The van der Waals surface area contributed by atoms with E-state index in [4.69, 9.17) is 21.1 Å². The van der Waals surface area contributed by atoms with Crippen LogP contribution in [0.2, 0.25) is 5.02 Å². The maximum absolute atomic E-state index is 13.4. The van der Waals surface area contributed by atoms with Crippen LogP contribution in [0, 0.1) is 0 Å². The van der Waals surface area contributed by atoms with Gasteiger partial charge in [-0.3, -0.25) is 9.59 Å². The van der Waals surface area contributed by atoms with Crippen LogP contribution in [0.3, 0.4) is 0 Å². The third-order valence-corrected chi connectivity index (χ3v) is 6.28. The molecule has 2 heterocycles. The number of carbonyl (C=O) groups is 2. The SMILES string of the molecule is O=C(C=Cc1ccc2c(c1)OCO2)CC1(O)C(=O)N(CCc2ccccc2)c2ccc(Cl)cc21. The van der Waals surface area contributed by atoms with Crippen LogP contribution in [0.4, 0.5) is 5.69 Å². The zero-order chi connectivity index (χ0) is 23.7. The van der Waals surface area contributed by atoms with Crippen LogP contribution in [0.15, 0.2) is 72.8 Å². The lowest BCUT2D eigenvalue weighted by atomic mass is 9.89. The lowest BCUT2D eigenvalue weighted by Gasteiger charge is -2.22. The molecule has 0 saturated carbocycles. The number of benzene rings is 3. The maximum Gasteiger partial charge on any atom is 0.264 e. The zero-order valence-electron chi connectivity index (χ0n) is 18.2. The second-order valence-electron chi connectivity index (χ2n) is 8.30. The van der Waals surface area contributed by atoms with Crippen molar-refractivity contribution >= 4 is 35.1 Å². The van der Waals surface area contributed by atoms with E-state index in [0.29, 0.717) is 40.7 Å². The van der Waals surface area contributed by atoms with Crippen LogP contribution < -0.4 is 14.4 Å². The molecule has 0 bridgehead atoms. The van der Waals surface area contributed by atoms with Crippen molar-refractivity contribution in [3.8, 4) is 11.5 Å². The van der Waals surface area contributed by atoms with Crippen molar-refractivity contribution in [3.05, 3.63) is 94.5 Å². The summed E-state index contributed by atoms with van der Waals surface area (Å²) in [5.41, 5.74) is 0.760. The fourth-order valence-corrected chi connectivity index (χ4v) is 4.49. The van der Waals surface area contributed by atoms with Crippen LogP contribution in [-0.2, 0) is 21.6 Å². The molecule has 34 heavy (non-hydrogen) atoms. The number of anilines is 1. The summed E-state index contributed by atoms with van der Waals surface area (Å²) in [6.45, 7) is 0.542. The first kappa shape index (κ1) is 22.2. The van der Waals surface area contributed by atoms with Crippen molar-refractivity contribution in [3.63, 3.8) is 0 Å². The van der Waals surface area contributed by atoms with Gasteiger partial charge in [0, 0.05) is 17.1 Å². The summed E-state index contributed by atoms with van der Waals surface area (Å²) < 4.78 is 10.7. The largest absolute Gasteiger partial charge is 0.454 e. The fourth-order valence-electron chi connectivity index (χ4n) is 4.32. The molecule has 0 aromatic heterocycles. The summed E-state index contributed by atoms with van der Waals surface area (Å²) in [7, 11) is 0. The van der Waals surface area contributed by atoms with Gasteiger partial charge in [0.15, 0.2) is 22.9 Å². The minimum Gasteiger partial charge on any atom is -0.454 e. The normalized spacial score (nSPS) is 18.5. The van der Waals surface area contributed by atoms with Gasteiger partial charge >= 0.3 is 0 Å². The topological polar surface area (TPSA) is 76.1 Å². The van der Waals surface area contributed by atoms with Crippen LogP contribution in [0.25, 0.3) is 6.08 Å². The highest BCUT2D eigenvalue weighted by Gasteiger charge is 2.50. The van der Waals surface area contributed by atoms with Gasteiger partial charge in [0.05, 0.1) is 12.1 Å². The number of fused-ring (bicyclic) bond motifs is 2. The molecule has 5 rings (SSSR count). The third-order valence-electron chi connectivity index (χ3n) is 6.05. The third kappa shape index (κ3) is 4.18. The maximum atomic E-state index is 13.4. The minimum atomic E-state index is -1.98. The monoisotopic (exact) mass is 475 g/mol. The zero-order valence-corrected chi connectivity index (χ0v) is 19.0. The van der Waals surface area contributed by atoms with E-state index in [1.54, 1.807) is 42.5 Å². The van der Waals surface area contributed by atoms with Gasteiger partial charge in [0.2, 0.25) is 6.79 Å². The molecule has 172 valence electrons. The number of amides is 1. The lowest BCUT2D eigenvalue weighted by Crippen LogP contribution is -2.42. The number of ketones is 1. The second kappa shape index (κ2) is 8.97. The molecule has 0 saturated heterocycles. The number of hydrogen-bond donors (Lipinski definition) is 1. The summed E-state index contributed by atoms with van der Waals surface area (Å²) in [6.07, 6.45) is 3.21. The molecular weight excluding hydrogens is 454 g/mol.